The predicted molar refractivity (Wildman–Crippen MR) is 70.6 cm³/mol. The van der Waals surface area contributed by atoms with Gasteiger partial charge in [-0.1, -0.05) is 44.6 Å². The van der Waals surface area contributed by atoms with Gasteiger partial charge in [0.1, 0.15) is 5.75 Å². The molecule has 2 nitrogen and oxygen atoms in total. The Hall–Kier alpha value is -1.28. The highest BCUT2D eigenvalue weighted by Gasteiger charge is 2.03. The molecule has 90 valence electrons. The van der Waals surface area contributed by atoms with Gasteiger partial charge in [0.05, 0.1) is 0 Å². The standard InChI is InChI=1S/C11H15NO.C3H8/c1-8(2)11(12)7-9-3-5-10(13)6-4-9;1-3-2/h3-6,11,13H,1,7,12H2,2H3;3H2,1-2H3/t11-;/m0./s1. The molecule has 0 saturated heterocycles. The molecule has 0 unspecified atom stereocenters. The summed E-state index contributed by atoms with van der Waals surface area (Å²) in [4.78, 5) is 0. The molecular weight excluding hydrogens is 198 g/mol. The zero-order valence-corrected chi connectivity index (χ0v) is 10.5. The fourth-order valence-electron chi connectivity index (χ4n) is 1.06. The van der Waals surface area contributed by atoms with Crippen LogP contribution in [0.5, 0.6) is 5.75 Å². The van der Waals surface area contributed by atoms with Crippen molar-refractivity contribution in [1.82, 2.24) is 0 Å². The van der Waals surface area contributed by atoms with Crippen LogP contribution in [0.4, 0.5) is 0 Å². The van der Waals surface area contributed by atoms with Gasteiger partial charge in [0.25, 0.3) is 0 Å². The number of hydrogen-bond donors (Lipinski definition) is 2. The number of nitrogens with two attached hydrogens (primary N) is 1. The van der Waals surface area contributed by atoms with Crippen LogP contribution in [0.2, 0.25) is 0 Å². The molecule has 0 aliphatic carbocycles. The first-order valence-corrected chi connectivity index (χ1v) is 5.70. The van der Waals surface area contributed by atoms with Gasteiger partial charge in [0.2, 0.25) is 0 Å². The minimum Gasteiger partial charge on any atom is -0.508 e. The van der Waals surface area contributed by atoms with Crippen LogP contribution < -0.4 is 5.73 Å². The normalized spacial score (nSPS) is 11.2. The topological polar surface area (TPSA) is 46.2 Å². The van der Waals surface area contributed by atoms with Gasteiger partial charge in [-0.2, -0.15) is 0 Å². The first kappa shape index (κ1) is 14.7. The Balaban J connectivity index is 0.000000673. The van der Waals surface area contributed by atoms with E-state index in [1.54, 1.807) is 12.1 Å². The van der Waals surface area contributed by atoms with Crippen molar-refractivity contribution in [2.24, 2.45) is 5.73 Å². The Morgan fingerprint density at radius 3 is 2.12 bits per heavy atom. The molecule has 0 heterocycles. The molecule has 0 radical (unpaired) electrons. The molecule has 3 N–H and O–H groups in total. The van der Waals surface area contributed by atoms with E-state index in [9.17, 15) is 0 Å². The second-order valence-electron chi connectivity index (χ2n) is 4.03. The lowest BCUT2D eigenvalue weighted by Gasteiger charge is -2.10. The van der Waals surface area contributed by atoms with Gasteiger partial charge in [0, 0.05) is 6.04 Å². The van der Waals surface area contributed by atoms with E-state index < -0.39 is 0 Å². The number of rotatable bonds is 3. The molecular formula is C14H23NO. The van der Waals surface area contributed by atoms with E-state index in [-0.39, 0.29) is 11.8 Å². The maximum atomic E-state index is 9.05. The maximum Gasteiger partial charge on any atom is 0.115 e. The number of phenolic OH excluding ortho intramolecular Hbond substituents is 1. The molecule has 0 spiro atoms. The molecule has 1 rings (SSSR count). The molecule has 0 bridgehead atoms. The summed E-state index contributed by atoms with van der Waals surface area (Å²) in [5, 5.41) is 9.05. The van der Waals surface area contributed by atoms with Crippen LogP contribution in [0.3, 0.4) is 0 Å². The quantitative estimate of drug-likeness (QED) is 0.770. The maximum absolute atomic E-state index is 9.05. The van der Waals surface area contributed by atoms with Crippen molar-refractivity contribution in [3.05, 3.63) is 42.0 Å². The van der Waals surface area contributed by atoms with Gasteiger partial charge in [-0.3, -0.25) is 0 Å². The van der Waals surface area contributed by atoms with Crippen LogP contribution in [0, 0.1) is 0 Å². The first-order chi connectivity index (χ1) is 7.51. The van der Waals surface area contributed by atoms with Crippen molar-refractivity contribution in [1.29, 1.82) is 0 Å². The number of phenols is 1. The van der Waals surface area contributed by atoms with E-state index in [0.29, 0.717) is 0 Å². The van der Waals surface area contributed by atoms with Gasteiger partial charge in [-0.05, 0) is 31.0 Å². The zero-order valence-electron chi connectivity index (χ0n) is 10.5. The van der Waals surface area contributed by atoms with Crippen LogP contribution in [0.25, 0.3) is 0 Å². The fraction of sp³-hybridized carbons (Fsp3) is 0.429. The Kier molecular flexibility index (Phi) is 7.31. The Labute approximate surface area is 98.8 Å². The Morgan fingerprint density at radius 2 is 1.75 bits per heavy atom. The van der Waals surface area contributed by atoms with E-state index in [0.717, 1.165) is 17.6 Å². The van der Waals surface area contributed by atoms with Crippen LogP contribution in [0.1, 0.15) is 32.8 Å². The monoisotopic (exact) mass is 221 g/mol. The fourth-order valence-corrected chi connectivity index (χ4v) is 1.06. The summed E-state index contributed by atoms with van der Waals surface area (Å²) >= 11 is 0. The van der Waals surface area contributed by atoms with Crippen LogP contribution in [-0.2, 0) is 6.42 Å². The molecule has 0 aliphatic heterocycles. The molecule has 0 saturated carbocycles. The van der Waals surface area contributed by atoms with E-state index in [1.165, 1.54) is 6.42 Å². The summed E-state index contributed by atoms with van der Waals surface area (Å²) in [7, 11) is 0. The molecule has 1 atom stereocenters. The third kappa shape index (κ3) is 6.25. The van der Waals surface area contributed by atoms with E-state index in [2.05, 4.69) is 20.4 Å². The molecule has 0 aromatic heterocycles. The van der Waals surface area contributed by atoms with Crippen LogP contribution in [-0.4, -0.2) is 11.1 Å². The summed E-state index contributed by atoms with van der Waals surface area (Å²) in [5.41, 5.74) is 7.92. The van der Waals surface area contributed by atoms with Crippen molar-refractivity contribution in [3.63, 3.8) is 0 Å². The predicted octanol–water partition coefficient (Wildman–Crippen LogP) is 3.25. The molecule has 0 amide bonds. The van der Waals surface area contributed by atoms with Gasteiger partial charge in [-0.15, -0.1) is 0 Å². The summed E-state index contributed by atoms with van der Waals surface area (Å²) in [6.07, 6.45) is 2.02. The largest absolute Gasteiger partial charge is 0.508 e. The highest BCUT2D eigenvalue weighted by Crippen LogP contribution is 2.12. The van der Waals surface area contributed by atoms with Gasteiger partial charge < -0.3 is 10.8 Å². The zero-order chi connectivity index (χ0) is 12.6. The van der Waals surface area contributed by atoms with E-state index >= 15 is 0 Å². The Bertz CT molecular complexity index is 303. The molecule has 1 aromatic rings. The number of aromatic hydroxyl groups is 1. The SMILES string of the molecule is C=C(C)[C@@H](N)Cc1ccc(O)cc1.CCC. The highest BCUT2D eigenvalue weighted by molar-refractivity contribution is 5.27. The second kappa shape index (κ2) is 7.94. The highest BCUT2D eigenvalue weighted by atomic mass is 16.3. The Morgan fingerprint density at radius 1 is 1.31 bits per heavy atom. The van der Waals surface area contributed by atoms with Crippen molar-refractivity contribution in [3.8, 4) is 5.75 Å². The minimum atomic E-state index is 0.00421. The number of hydrogen-bond acceptors (Lipinski definition) is 2. The molecule has 0 fully saturated rings. The van der Waals surface area contributed by atoms with Gasteiger partial charge >= 0.3 is 0 Å². The van der Waals surface area contributed by atoms with Gasteiger partial charge in [0.15, 0.2) is 0 Å². The van der Waals surface area contributed by atoms with E-state index in [4.69, 9.17) is 10.8 Å². The van der Waals surface area contributed by atoms with E-state index in [1.807, 2.05) is 19.1 Å². The van der Waals surface area contributed by atoms with Crippen molar-refractivity contribution in [2.75, 3.05) is 0 Å². The van der Waals surface area contributed by atoms with Crippen LogP contribution >= 0.6 is 0 Å². The average molecular weight is 221 g/mol. The molecule has 2 heteroatoms. The summed E-state index contributed by atoms with van der Waals surface area (Å²) in [6, 6.07) is 7.08. The second-order valence-corrected chi connectivity index (χ2v) is 4.03. The number of benzene rings is 1. The minimum absolute atomic E-state index is 0.00421. The summed E-state index contributed by atoms with van der Waals surface area (Å²) < 4.78 is 0. The summed E-state index contributed by atoms with van der Waals surface area (Å²) in [6.45, 7) is 9.97. The smallest absolute Gasteiger partial charge is 0.115 e. The third-order valence-electron chi connectivity index (χ3n) is 2.02. The van der Waals surface area contributed by atoms with Crippen molar-refractivity contribution < 1.29 is 5.11 Å². The molecule has 1 aromatic carbocycles. The lowest BCUT2D eigenvalue weighted by atomic mass is 10.0. The third-order valence-corrected chi connectivity index (χ3v) is 2.02. The van der Waals surface area contributed by atoms with Gasteiger partial charge in [-0.25, -0.2) is 0 Å². The molecule has 16 heavy (non-hydrogen) atoms. The lowest BCUT2D eigenvalue weighted by molar-refractivity contribution is 0.475. The van der Waals surface area contributed by atoms with Crippen LogP contribution in [0.15, 0.2) is 36.4 Å². The van der Waals surface area contributed by atoms with Crippen molar-refractivity contribution >= 4 is 0 Å². The lowest BCUT2D eigenvalue weighted by Crippen LogP contribution is -2.23. The molecule has 0 aliphatic rings. The van der Waals surface area contributed by atoms with Crippen molar-refractivity contribution in [2.45, 2.75) is 39.7 Å². The average Bonchev–Trinajstić information content (AvgIpc) is 2.22. The first-order valence-electron chi connectivity index (χ1n) is 5.70. The summed E-state index contributed by atoms with van der Waals surface area (Å²) in [5.74, 6) is 0.285.